The molecule has 0 unspecified atom stereocenters. The van der Waals surface area contributed by atoms with E-state index in [9.17, 15) is 8.42 Å². The monoisotopic (exact) mass is 360 g/mol. The molecule has 20 heavy (non-hydrogen) atoms. The summed E-state index contributed by atoms with van der Waals surface area (Å²) >= 11 is 3.31. The fraction of sp³-hybridized carbons (Fsp3) is 0.571. The van der Waals surface area contributed by atoms with Crippen LogP contribution in [-0.2, 0) is 10.0 Å². The van der Waals surface area contributed by atoms with E-state index >= 15 is 0 Å². The fourth-order valence-electron chi connectivity index (χ4n) is 2.62. The second-order valence-electron chi connectivity index (χ2n) is 5.67. The van der Waals surface area contributed by atoms with E-state index in [0.29, 0.717) is 17.8 Å². The van der Waals surface area contributed by atoms with Crippen LogP contribution in [0.4, 0.5) is 5.69 Å². The van der Waals surface area contributed by atoms with Gasteiger partial charge in [0.05, 0.1) is 4.90 Å². The van der Waals surface area contributed by atoms with E-state index in [-0.39, 0.29) is 10.3 Å². The summed E-state index contributed by atoms with van der Waals surface area (Å²) in [7, 11) is -3.50. The van der Waals surface area contributed by atoms with E-state index in [4.69, 9.17) is 5.73 Å². The average molecular weight is 361 g/mol. The molecule has 6 heteroatoms. The predicted octanol–water partition coefficient (Wildman–Crippen LogP) is 3.20. The molecule has 1 aliphatic carbocycles. The lowest BCUT2D eigenvalue weighted by Gasteiger charge is -2.41. The summed E-state index contributed by atoms with van der Waals surface area (Å²) < 4.78 is 28.4. The minimum Gasteiger partial charge on any atom is -0.398 e. The van der Waals surface area contributed by atoms with Crippen molar-refractivity contribution in [3.05, 3.63) is 22.2 Å². The van der Waals surface area contributed by atoms with Crippen molar-refractivity contribution < 1.29 is 8.42 Å². The normalized spacial score (nSPS) is 17.8. The third kappa shape index (κ3) is 3.02. The van der Waals surface area contributed by atoms with Crippen molar-refractivity contribution >= 4 is 31.6 Å². The Hall–Kier alpha value is -0.590. The zero-order chi connectivity index (χ0) is 15.0. The summed E-state index contributed by atoms with van der Waals surface area (Å²) in [5.41, 5.74) is 7.07. The summed E-state index contributed by atoms with van der Waals surface area (Å²) in [5.74, 6) is 0. The van der Waals surface area contributed by atoms with E-state index in [0.717, 1.165) is 23.7 Å². The third-order valence-electron chi connectivity index (χ3n) is 4.39. The average Bonchev–Trinajstić information content (AvgIpc) is 2.32. The Balaban J connectivity index is 2.20. The number of hydrogen-bond donors (Lipinski definition) is 2. The van der Waals surface area contributed by atoms with Crippen LogP contribution in [0.1, 0.15) is 38.2 Å². The number of nitrogen functional groups attached to an aromatic ring is 1. The van der Waals surface area contributed by atoms with Crippen LogP contribution in [0.25, 0.3) is 0 Å². The van der Waals surface area contributed by atoms with Gasteiger partial charge in [-0.3, -0.25) is 0 Å². The molecular formula is C14H21BrN2O2S. The number of halogens is 1. The summed E-state index contributed by atoms with van der Waals surface area (Å²) in [6, 6.07) is 3.25. The van der Waals surface area contributed by atoms with Gasteiger partial charge in [0.1, 0.15) is 0 Å². The molecule has 0 atom stereocenters. The maximum atomic E-state index is 12.4. The molecule has 4 nitrogen and oxygen atoms in total. The van der Waals surface area contributed by atoms with Gasteiger partial charge in [-0.05, 0) is 65.2 Å². The Morgan fingerprint density at radius 3 is 2.55 bits per heavy atom. The second-order valence-corrected chi connectivity index (χ2v) is 8.26. The Kier molecular flexibility index (Phi) is 4.47. The highest BCUT2D eigenvalue weighted by atomic mass is 79.9. The Bertz CT molecular complexity index is 604. The number of anilines is 1. The Morgan fingerprint density at radius 2 is 2.05 bits per heavy atom. The molecule has 1 aliphatic rings. The SMILES string of the molecule is CCC1(CNS(=O)(=O)c2cc(N)c(Br)cc2C)CCC1. The molecule has 0 radical (unpaired) electrons. The van der Waals surface area contributed by atoms with E-state index in [1.165, 1.54) is 12.5 Å². The van der Waals surface area contributed by atoms with Crippen LogP contribution in [0.5, 0.6) is 0 Å². The highest BCUT2D eigenvalue weighted by Crippen LogP contribution is 2.43. The first kappa shape index (κ1) is 15.8. The molecule has 1 aromatic carbocycles. The van der Waals surface area contributed by atoms with Gasteiger partial charge in [0.25, 0.3) is 0 Å². The van der Waals surface area contributed by atoms with Crippen LogP contribution in [-0.4, -0.2) is 15.0 Å². The molecule has 2 rings (SSSR count). The van der Waals surface area contributed by atoms with Crippen molar-refractivity contribution in [1.29, 1.82) is 0 Å². The molecule has 0 bridgehead atoms. The molecule has 1 aromatic rings. The molecule has 0 saturated heterocycles. The minimum absolute atomic E-state index is 0.155. The molecule has 1 saturated carbocycles. The first-order chi connectivity index (χ1) is 9.30. The van der Waals surface area contributed by atoms with Gasteiger partial charge in [-0.15, -0.1) is 0 Å². The number of sulfonamides is 1. The smallest absolute Gasteiger partial charge is 0.240 e. The van der Waals surface area contributed by atoms with Crippen LogP contribution < -0.4 is 10.5 Å². The quantitative estimate of drug-likeness (QED) is 0.791. The highest BCUT2D eigenvalue weighted by molar-refractivity contribution is 9.10. The number of nitrogens with two attached hydrogens (primary N) is 1. The predicted molar refractivity (Wildman–Crippen MR) is 85.1 cm³/mol. The molecule has 1 fully saturated rings. The number of aryl methyl sites for hydroxylation is 1. The molecule has 0 aliphatic heterocycles. The van der Waals surface area contributed by atoms with Crippen molar-refractivity contribution in [2.45, 2.75) is 44.4 Å². The lowest BCUT2D eigenvalue weighted by atomic mass is 9.67. The summed E-state index contributed by atoms with van der Waals surface area (Å²) in [6.07, 6.45) is 4.41. The van der Waals surface area contributed by atoms with Gasteiger partial charge in [0, 0.05) is 16.7 Å². The van der Waals surface area contributed by atoms with Crippen LogP contribution in [0.15, 0.2) is 21.5 Å². The Morgan fingerprint density at radius 1 is 1.40 bits per heavy atom. The maximum Gasteiger partial charge on any atom is 0.240 e. The summed E-state index contributed by atoms with van der Waals surface area (Å²) in [6.45, 7) is 4.41. The van der Waals surface area contributed by atoms with Gasteiger partial charge in [0.15, 0.2) is 0 Å². The molecular weight excluding hydrogens is 340 g/mol. The van der Waals surface area contributed by atoms with Gasteiger partial charge in [-0.25, -0.2) is 13.1 Å². The zero-order valence-corrected chi connectivity index (χ0v) is 14.3. The fourth-order valence-corrected chi connectivity index (χ4v) is 4.49. The van der Waals surface area contributed by atoms with Gasteiger partial charge >= 0.3 is 0 Å². The first-order valence-corrected chi connectivity index (χ1v) is 9.12. The van der Waals surface area contributed by atoms with Gasteiger partial charge in [-0.1, -0.05) is 13.3 Å². The van der Waals surface area contributed by atoms with Crippen molar-refractivity contribution in [3.63, 3.8) is 0 Å². The highest BCUT2D eigenvalue weighted by Gasteiger charge is 2.36. The molecule has 3 N–H and O–H groups in total. The van der Waals surface area contributed by atoms with E-state index in [1.807, 2.05) is 0 Å². The molecule has 0 aromatic heterocycles. The number of rotatable bonds is 5. The molecule has 0 spiro atoms. The number of nitrogens with one attached hydrogen (secondary N) is 1. The molecule has 0 amide bonds. The van der Waals surface area contributed by atoms with E-state index in [2.05, 4.69) is 27.6 Å². The second kappa shape index (κ2) is 5.66. The standard InChI is InChI=1S/C14H21BrN2O2S/c1-3-14(5-4-6-14)9-17-20(18,19)13-8-12(16)11(15)7-10(13)2/h7-8,17H,3-6,9,16H2,1-2H3. The van der Waals surface area contributed by atoms with Crippen molar-refractivity contribution in [1.82, 2.24) is 4.72 Å². The third-order valence-corrected chi connectivity index (χ3v) is 6.62. The van der Waals surface area contributed by atoms with Gasteiger partial charge in [0.2, 0.25) is 10.0 Å². The molecule has 0 heterocycles. The zero-order valence-electron chi connectivity index (χ0n) is 11.9. The minimum atomic E-state index is -3.50. The number of hydrogen-bond acceptors (Lipinski definition) is 3. The first-order valence-electron chi connectivity index (χ1n) is 6.85. The summed E-state index contributed by atoms with van der Waals surface area (Å²) in [5, 5.41) is 0. The lowest BCUT2D eigenvalue weighted by molar-refractivity contribution is 0.133. The summed E-state index contributed by atoms with van der Waals surface area (Å²) in [4.78, 5) is 0.267. The van der Waals surface area contributed by atoms with Crippen molar-refractivity contribution in [3.8, 4) is 0 Å². The largest absolute Gasteiger partial charge is 0.398 e. The molecule has 112 valence electrons. The van der Waals surface area contributed by atoms with Crippen LogP contribution in [0, 0.1) is 12.3 Å². The van der Waals surface area contributed by atoms with Crippen molar-refractivity contribution in [2.75, 3.05) is 12.3 Å². The number of benzene rings is 1. The van der Waals surface area contributed by atoms with Crippen LogP contribution in [0.2, 0.25) is 0 Å². The lowest BCUT2D eigenvalue weighted by Crippen LogP contribution is -2.41. The van der Waals surface area contributed by atoms with E-state index in [1.54, 1.807) is 13.0 Å². The Labute approximate surface area is 129 Å². The van der Waals surface area contributed by atoms with Crippen LogP contribution in [0.3, 0.4) is 0 Å². The topological polar surface area (TPSA) is 72.2 Å². The van der Waals surface area contributed by atoms with E-state index < -0.39 is 10.0 Å². The van der Waals surface area contributed by atoms with Gasteiger partial charge < -0.3 is 5.73 Å². The maximum absolute atomic E-state index is 12.4. The van der Waals surface area contributed by atoms with Crippen molar-refractivity contribution in [2.24, 2.45) is 5.41 Å². The van der Waals surface area contributed by atoms with Crippen LogP contribution >= 0.6 is 15.9 Å². The van der Waals surface area contributed by atoms with Gasteiger partial charge in [-0.2, -0.15) is 0 Å².